The maximum atomic E-state index is 12.3. The van der Waals surface area contributed by atoms with Gasteiger partial charge in [-0.25, -0.2) is 4.79 Å². The summed E-state index contributed by atoms with van der Waals surface area (Å²) in [6.45, 7) is 4.32. The fourth-order valence-electron chi connectivity index (χ4n) is 2.59. The lowest BCUT2D eigenvalue weighted by Gasteiger charge is -2.21. The summed E-state index contributed by atoms with van der Waals surface area (Å²) in [5, 5.41) is 0.733. The number of carbonyl (C=O) groups excluding carboxylic acids is 2. The zero-order valence-corrected chi connectivity index (χ0v) is 13.6. The van der Waals surface area contributed by atoms with E-state index in [0.717, 1.165) is 22.6 Å². The van der Waals surface area contributed by atoms with Crippen molar-refractivity contribution in [3.05, 3.63) is 34.3 Å². The summed E-state index contributed by atoms with van der Waals surface area (Å²) < 4.78 is 0. The predicted molar refractivity (Wildman–Crippen MR) is 86.9 cm³/mol. The topological polar surface area (TPSA) is 66.6 Å². The van der Waals surface area contributed by atoms with E-state index in [1.54, 1.807) is 4.90 Å². The van der Waals surface area contributed by atoms with Gasteiger partial charge in [0.05, 0.1) is 0 Å². The van der Waals surface area contributed by atoms with Crippen LogP contribution < -0.4 is 5.73 Å². The Labute approximate surface area is 136 Å². The number of carbonyl (C=O) groups is 2. The lowest BCUT2D eigenvalue weighted by Crippen LogP contribution is -2.39. The number of benzene rings is 1. The third-order valence-electron chi connectivity index (χ3n) is 4.02. The zero-order valence-electron chi connectivity index (χ0n) is 12.8. The summed E-state index contributed by atoms with van der Waals surface area (Å²) in [6, 6.07) is 5.48. The Balaban J connectivity index is 1.86. The molecule has 5 nitrogen and oxygen atoms in total. The number of hydrogen-bond acceptors (Lipinski definition) is 2. The highest BCUT2D eigenvalue weighted by atomic mass is 35.5. The second-order valence-corrected chi connectivity index (χ2v) is 6.05. The molecule has 1 saturated heterocycles. The first-order valence-electron chi connectivity index (χ1n) is 7.54. The van der Waals surface area contributed by atoms with Crippen LogP contribution in [0.4, 0.5) is 4.79 Å². The van der Waals surface area contributed by atoms with Gasteiger partial charge in [0.2, 0.25) is 5.91 Å². The second kappa shape index (κ2) is 7.49. The number of urea groups is 1. The van der Waals surface area contributed by atoms with Crippen LogP contribution in [0.25, 0.3) is 0 Å². The Kier molecular flexibility index (Phi) is 5.66. The van der Waals surface area contributed by atoms with Crippen molar-refractivity contribution in [3.63, 3.8) is 0 Å². The van der Waals surface area contributed by atoms with Crippen molar-refractivity contribution in [1.29, 1.82) is 0 Å². The lowest BCUT2D eigenvalue weighted by molar-refractivity contribution is -0.131. The van der Waals surface area contributed by atoms with E-state index in [2.05, 4.69) is 0 Å². The molecule has 0 unspecified atom stereocenters. The highest BCUT2D eigenvalue weighted by Gasteiger charge is 2.20. The molecule has 0 aliphatic carbocycles. The van der Waals surface area contributed by atoms with E-state index in [-0.39, 0.29) is 5.91 Å². The summed E-state index contributed by atoms with van der Waals surface area (Å²) in [5.41, 5.74) is 7.40. The number of aryl methyl sites for hydroxylation is 2. The first-order valence-corrected chi connectivity index (χ1v) is 7.92. The van der Waals surface area contributed by atoms with Gasteiger partial charge in [0, 0.05) is 37.6 Å². The van der Waals surface area contributed by atoms with Gasteiger partial charge in [-0.15, -0.1) is 0 Å². The van der Waals surface area contributed by atoms with Crippen molar-refractivity contribution in [2.75, 3.05) is 26.2 Å². The SMILES string of the molecule is Cc1ccc(CCC(=O)N2CCCN(C(N)=O)CC2)cc1Cl. The van der Waals surface area contributed by atoms with Gasteiger partial charge in [0.1, 0.15) is 0 Å². The van der Waals surface area contributed by atoms with Crippen LogP contribution in [-0.2, 0) is 11.2 Å². The molecule has 1 aromatic carbocycles. The van der Waals surface area contributed by atoms with E-state index in [1.807, 2.05) is 30.0 Å². The lowest BCUT2D eigenvalue weighted by atomic mass is 10.1. The highest BCUT2D eigenvalue weighted by Crippen LogP contribution is 2.18. The Morgan fingerprint density at radius 1 is 1.18 bits per heavy atom. The Bertz CT molecular complexity index is 562. The number of nitrogens with zero attached hydrogens (tertiary/aromatic N) is 2. The van der Waals surface area contributed by atoms with Crippen molar-refractivity contribution in [1.82, 2.24) is 9.80 Å². The molecule has 22 heavy (non-hydrogen) atoms. The number of hydrogen-bond donors (Lipinski definition) is 1. The Morgan fingerprint density at radius 2 is 1.86 bits per heavy atom. The molecule has 2 N–H and O–H groups in total. The first kappa shape index (κ1) is 16.6. The van der Waals surface area contributed by atoms with Crippen molar-refractivity contribution in [3.8, 4) is 0 Å². The summed E-state index contributed by atoms with van der Waals surface area (Å²) >= 11 is 6.10. The van der Waals surface area contributed by atoms with Crippen molar-refractivity contribution in [2.45, 2.75) is 26.2 Å². The Hall–Kier alpha value is -1.75. The molecule has 1 fully saturated rings. The predicted octanol–water partition coefficient (Wildman–Crippen LogP) is 2.19. The van der Waals surface area contributed by atoms with Crippen LogP contribution in [0.1, 0.15) is 24.0 Å². The van der Waals surface area contributed by atoms with Gasteiger partial charge in [0.15, 0.2) is 0 Å². The minimum atomic E-state index is -0.413. The van der Waals surface area contributed by atoms with Gasteiger partial charge in [-0.3, -0.25) is 4.79 Å². The monoisotopic (exact) mass is 323 g/mol. The number of rotatable bonds is 3. The number of primary amides is 1. The third-order valence-corrected chi connectivity index (χ3v) is 4.43. The summed E-state index contributed by atoms with van der Waals surface area (Å²) in [5.74, 6) is 0.114. The number of halogens is 1. The molecule has 0 saturated carbocycles. The summed E-state index contributed by atoms with van der Waals surface area (Å²) in [6.07, 6.45) is 1.90. The van der Waals surface area contributed by atoms with Gasteiger partial charge < -0.3 is 15.5 Å². The molecule has 0 atom stereocenters. The van der Waals surface area contributed by atoms with E-state index in [9.17, 15) is 9.59 Å². The average molecular weight is 324 g/mol. The van der Waals surface area contributed by atoms with E-state index in [1.165, 1.54) is 0 Å². The Morgan fingerprint density at radius 3 is 2.55 bits per heavy atom. The molecule has 2 rings (SSSR count). The van der Waals surface area contributed by atoms with Gasteiger partial charge in [-0.05, 0) is 37.0 Å². The molecule has 0 spiro atoms. The van der Waals surface area contributed by atoms with E-state index in [4.69, 9.17) is 17.3 Å². The average Bonchev–Trinajstić information content (AvgIpc) is 2.74. The molecule has 1 aliphatic heterocycles. The minimum Gasteiger partial charge on any atom is -0.351 e. The van der Waals surface area contributed by atoms with Gasteiger partial charge in [-0.1, -0.05) is 23.7 Å². The maximum Gasteiger partial charge on any atom is 0.314 e. The second-order valence-electron chi connectivity index (χ2n) is 5.64. The fourth-order valence-corrected chi connectivity index (χ4v) is 2.79. The smallest absolute Gasteiger partial charge is 0.314 e. The van der Waals surface area contributed by atoms with Gasteiger partial charge >= 0.3 is 6.03 Å². The minimum absolute atomic E-state index is 0.114. The molecule has 3 amide bonds. The van der Waals surface area contributed by atoms with E-state index in [0.29, 0.717) is 39.0 Å². The van der Waals surface area contributed by atoms with Crippen molar-refractivity contribution < 1.29 is 9.59 Å². The van der Waals surface area contributed by atoms with Crippen LogP contribution in [0.15, 0.2) is 18.2 Å². The van der Waals surface area contributed by atoms with Crippen LogP contribution in [0.5, 0.6) is 0 Å². The van der Waals surface area contributed by atoms with E-state index >= 15 is 0 Å². The van der Waals surface area contributed by atoms with Gasteiger partial charge in [-0.2, -0.15) is 0 Å². The van der Waals surface area contributed by atoms with Crippen molar-refractivity contribution in [2.24, 2.45) is 5.73 Å². The maximum absolute atomic E-state index is 12.3. The molecule has 0 bridgehead atoms. The normalized spacial score (nSPS) is 15.5. The fraction of sp³-hybridized carbons (Fsp3) is 0.500. The third kappa shape index (κ3) is 4.37. The summed E-state index contributed by atoms with van der Waals surface area (Å²) in [7, 11) is 0. The standard InChI is InChI=1S/C16H22ClN3O2/c1-12-3-4-13(11-14(12)17)5-6-15(21)19-7-2-8-20(10-9-19)16(18)22/h3-4,11H,2,5-10H2,1H3,(H2,18,22). The molecule has 1 aliphatic rings. The first-order chi connectivity index (χ1) is 10.5. The number of nitrogens with two attached hydrogens (primary N) is 1. The zero-order chi connectivity index (χ0) is 16.1. The van der Waals surface area contributed by atoms with Crippen LogP contribution in [0.2, 0.25) is 5.02 Å². The highest BCUT2D eigenvalue weighted by molar-refractivity contribution is 6.31. The van der Waals surface area contributed by atoms with E-state index < -0.39 is 6.03 Å². The quantitative estimate of drug-likeness (QED) is 0.926. The van der Waals surface area contributed by atoms with Crippen LogP contribution in [0.3, 0.4) is 0 Å². The van der Waals surface area contributed by atoms with Gasteiger partial charge in [0.25, 0.3) is 0 Å². The molecule has 6 heteroatoms. The molecular weight excluding hydrogens is 302 g/mol. The van der Waals surface area contributed by atoms with Crippen molar-refractivity contribution >= 4 is 23.5 Å². The number of amides is 3. The van der Waals surface area contributed by atoms with Crippen LogP contribution in [0, 0.1) is 6.92 Å². The van der Waals surface area contributed by atoms with Crippen LogP contribution >= 0.6 is 11.6 Å². The molecular formula is C16H22ClN3O2. The molecule has 0 radical (unpaired) electrons. The molecule has 1 heterocycles. The van der Waals surface area contributed by atoms with Crippen LogP contribution in [-0.4, -0.2) is 47.9 Å². The molecule has 1 aromatic rings. The molecule has 120 valence electrons. The largest absolute Gasteiger partial charge is 0.351 e. The molecule has 0 aromatic heterocycles. The summed E-state index contributed by atoms with van der Waals surface area (Å²) in [4.78, 5) is 26.9.